The molecule has 0 unspecified atom stereocenters. The first-order valence-corrected chi connectivity index (χ1v) is 11.4. The van der Waals surface area contributed by atoms with Crippen LogP contribution < -0.4 is 5.32 Å². The van der Waals surface area contributed by atoms with Gasteiger partial charge in [-0.3, -0.25) is 9.78 Å². The summed E-state index contributed by atoms with van der Waals surface area (Å²) in [5.41, 5.74) is 3.87. The minimum absolute atomic E-state index is 0.248. The molecule has 5 rings (SSSR count). The number of benzene rings is 1. The maximum Gasteiger partial charge on any atom is 0.339 e. The summed E-state index contributed by atoms with van der Waals surface area (Å²) in [7, 11) is 0. The minimum Gasteiger partial charge on any atom is -0.452 e. The monoisotopic (exact) mass is 472 g/mol. The summed E-state index contributed by atoms with van der Waals surface area (Å²) in [6, 6.07) is 12.8. The second-order valence-corrected chi connectivity index (χ2v) is 9.29. The molecule has 0 saturated heterocycles. The van der Waals surface area contributed by atoms with Crippen molar-refractivity contribution < 1.29 is 18.8 Å². The van der Waals surface area contributed by atoms with Gasteiger partial charge in [-0.05, 0) is 57.2 Å². The van der Waals surface area contributed by atoms with E-state index in [1.54, 1.807) is 48.7 Å². The van der Waals surface area contributed by atoms with Crippen LogP contribution in [0.2, 0.25) is 0 Å². The lowest BCUT2D eigenvalue weighted by molar-refractivity contribution is -0.119. The highest BCUT2D eigenvalue weighted by Crippen LogP contribution is 2.33. The number of aryl methyl sites for hydroxylation is 3. The van der Waals surface area contributed by atoms with E-state index in [0.717, 1.165) is 26.2 Å². The zero-order valence-electron chi connectivity index (χ0n) is 18.7. The van der Waals surface area contributed by atoms with E-state index in [9.17, 15) is 9.59 Å². The molecule has 0 fully saturated rings. The van der Waals surface area contributed by atoms with E-state index in [-0.39, 0.29) is 11.3 Å². The minimum atomic E-state index is -0.653. The second-order valence-electron chi connectivity index (χ2n) is 7.83. The van der Waals surface area contributed by atoms with Gasteiger partial charge in [0, 0.05) is 26.9 Å². The van der Waals surface area contributed by atoms with Crippen LogP contribution in [0.15, 0.2) is 53.2 Å². The second kappa shape index (κ2) is 8.68. The number of nitrogens with zero attached hydrogens (tertiary/aromatic N) is 3. The number of nitrogens with one attached hydrogen (secondary N) is 1. The molecule has 0 radical (unpaired) electrons. The first kappa shape index (κ1) is 21.7. The molecule has 0 aliphatic heterocycles. The molecule has 1 aromatic carbocycles. The van der Waals surface area contributed by atoms with Crippen LogP contribution in [0, 0.1) is 20.8 Å². The summed E-state index contributed by atoms with van der Waals surface area (Å²) in [6.45, 7) is 5.29. The number of ether oxygens (including phenoxy) is 1. The fourth-order valence-electron chi connectivity index (χ4n) is 3.89. The molecule has 0 saturated carbocycles. The van der Waals surface area contributed by atoms with Crippen LogP contribution >= 0.6 is 11.3 Å². The van der Waals surface area contributed by atoms with Gasteiger partial charge in [0.25, 0.3) is 11.6 Å². The molecule has 170 valence electrons. The summed E-state index contributed by atoms with van der Waals surface area (Å²) >= 11 is 1.64. The number of hydrogen-bond acceptors (Lipinski definition) is 8. The highest BCUT2D eigenvalue weighted by molar-refractivity contribution is 7.12. The van der Waals surface area contributed by atoms with Crippen LogP contribution in [0.3, 0.4) is 0 Å². The lowest BCUT2D eigenvalue weighted by atomic mass is 10.1. The van der Waals surface area contributed by atoms with Crippen molar-refractivity contribution in [3.63, 3.8) is 0 Å². The third kappa shape index (κ3) is 4.01. The van der Waals surface area contributed by atoms with Crippen LogP contribution in [0.1, 0.15) is 25.8 Å². The molecule has 9 heteroatoms. The molecule has 1 amide bonds. The lowest BCUT2D eigenvalue weighted by Gasteiger charge is -2.10. The number of fused-ring (bicyclic) bond motifs is 2. The summed E-state index contributed by atoms with van der Waals surface area (Å²) in [5, 5.41) is 8.01. The topological polar surface area (TPSA) is 107 Å². The van der Waals surface area contributed by atoms with Gasteiger partial charge in [0.2, 0.25) is 0 Å². The van der Waals surface area contributed by atoms with Crippen molar-refractivity contribution in [2.75, 3.05) is 11.9 Å². The molecular weight excluding hydrogens is 452 g/mol. The van der Waals surface area contributed by atoms with Crippen molar-refractivity contribution >= 4 is 50.9 Å². The number of carbonyl (C=O) groups is 2. The number of anilines is 1. The first-order valence-electron chi connectivity index (χ1n) is 10.6. The highest BCUT2D eigenvalue weighted by atomic mass is 32.1. The number of hydrogen-bond donors (Lipinski definition) is 1. The van der Waals surface area contributed by atoms with Crippen molar-refractivity contribution in [3.05, 3.63) is 69.7 Å². The quantitative estimate of drug-likeness (QED) is 0.349. The third-order valence-electron chi connectivity index (χ3n) is 5.41. The zero-order valence-corrected chi connectivity index (χ0v) is 19.5. The maximum absolute atomic E-state index is 13.0. The predicted octanol–water partition coefficient (Wildman–Crippen LogP) is 5.22. The average molecular weight is 473 g/mol. The summed E-state index contributed by atoms with van der Waals surface area (Å²) in [4.78, 5) is 36.6. The molecule has 0 aliphatic carbocycles. The van der Waals surface area contributed by atoms with Crippen molar-refractivity contribution in [2.24, 2.45) is 0 Å². The number of thiophene rings is 1. The predicted molar refractivity (Wildman–Crippen MR) is 130 cm³/mol. The highest BCUT2D eigenvalue weighted by Gasteiger charge is 2.22. The van der Waals surface area contributed by atoms with Crippen LogP contribution in [-0.4, -0.2) is 33.6 Å². The lowest BCUT2D eigenvalue weighted by Crippen LogP contribution is -2.21. The van der Waals surface area contributed by atoms with E-state index in [0.29, 0.717) is 22.5 Å². The van der Waals surface area contributed by atoms with Gasteiger partial charge in [-0.2, -0.15) is 0 Å². The van der Waals surface area contributed by atoms with E-state index in [4.69, 9.17) is 9.26 Å². The first-order chi connectivity index (χ1) is 16.4. The van der Waals surface area contributed by atoms with Gasteiger partial charge in [-0.25, -0.2) is 9.78 Å². The fraction of sp³-hybridized carbons (Fsp3) is 0.160. The molecule has 5 aromatic rings. The van der Waals surface area contributed by atoms with Crippen molar-refractivity contribution in [1.82, 2.24) is 15.1 Å². The Morgan fingerprint density at radius 3 is 2.76 bits per heavy atom. The molecule has 0 atom stereocenters. The van der Waals surface area contributed by atoms with E-state index in [1.807, 2.05) is 32.0 Å². The van der Waals surface area contributed by atoms with Crippen LogP contribution in [0.25, 0.3) is 33.3 Å². The Morgan fingerprint density at radius 2 is 1.97 bits per heavy atom. The Morgan fingerprint density at radius 1 is 1.12 bits per heavy atom. The Kier molecular flexibility index (Phi) is 5.54. The van der Waals surface area contributed by atoms with Gasteiger partial charge < -0.3 is 14.6 Å². The molecular formula is C25H20N4O4S. The van der Waals surface area contributed by atoms with Crippen molar-refractivity contribution in [2.45, 2.75) is 20.8 Å². The fourth-order valence-corrected chi connectivity index (χ4v) is 4.82. The van der Waals surface area contributed by atoms with E-state index >= 15 is 0 Å². The van der Waals surface area contributed by atoms with Crippen LogP contribution in [0.5, 0.6) is 0 Å². The van der Waals surface area contributed by atoms with Crippen molar-refractivity contribution in [1.29, 1.82) is 0 Å². The molecule has 1 N–H and O–H groups in total. The SMILES string of the molecule is Cc1cc(-c2cc(C(=O)OCC(=O)Nc3cccc4ncccc34)c3c(C)noc3n2)c(C)s1. The van der Waals surface area contributed by atoms with Crippen molar-refractivity contribution in [3.8, 4) is 11.3 Å². The maximum atomic E-state index is 13.0. The average Bonchev–Trinajstić information content (AvgIpc) is 3.38. The largest absolute Gasteiger partial charge is 0.452 e. The van der Waals surface area contributed by atoms with E-state index in [2.05, 4.69) is 20.4 Å². The standard InChI is InChI=1S/C25H20N4O4S/c1-13-10-17(15(3)34-13)21-11-18(23-14(2)29-33-24(23)28-21)25(31)32-12-22(30)27-20-8-4-7-19-16(20)6-5-9-26-19/h4-11H,12H2,1-3H3,(H,27,30). The molecule has 8 nitrogen and oxygen atoms in total. The molecule has 34 heavy (non-hydrogen) atoms. The number of carbonyl (C=O) groups excluding carboxylic acids is 2. The molecule has 0 bridgehead atoms. The van der Waals surface area contributed by atoms with E-state index < -0.39 is 18.5 Å². The number of amides is 1. The van der Waals surface area contributed by atoms with Gasteiger partial charge in [-0.15, -0.1) is 11.3 Å². The number of rotatable bonds is 5. The molecule has 0 spiro atoms. The smallest absolute Gasteiger partial charge is 0.339 e. The molecule has 4 aromatic heterocycles. The van der Waals surface area contributed by atoms with Gasteiger partial charge in [0.1, 0.15) is 0 Å². The summed E-state index contributed by atoms with van der Waals surface area (Å²) in [6.07, 6.45) is 1.69. The van der Waals surface area contributed by atoms with E-state index in [1.165, 1.54) is 0 Å². The Labute approximate surface area is 198 Å². The molecule has 0 aliphatic rings. The summed E-state index contributed by atoms with van der Waals surface area (Å²) in [5.74, 6) is -1.11. The normalized spacial score (nSPS) is 11.1. The van der Waals surface area contributed by atoms with Gasteiger partial charge >= 0.3 is 5.97 Å². The van der Waals surface area contributed by atoms with Gasteiger partial charge in [0.15, 0.2) is 6.61 Å². The Hall–Kier alpha value is -4.11. The number of aromatic nitrogens is 3. The number of esters is 1. The summed E-state index contributed by atoms with van der Waals surface area (Å²) < 4.78 is 10.7. The third-order valence-corrected chi connectivity index (χ3v) is 6.37. The zero-order chi connectivity index (χ0) is 23.8. The van der Waals surface area contributed by atoms with Gasteiger partial charge in [-0.1, -0.05) is 11.2 Å². The van der Waals surface area contributed by atoms with Gasteiger partial charge in [0.05, 0.1) is 33.5 Å². The Bertz CT molecular complexity index is 1570. The Balaban J connectivity index is 1.39. The van der Waals surface area contributed by atoms with Crippen LogP contribution in [0.4, 0.5) is 5.69 Å². The molecule has 4 heterocycles. The van der Waals surface area contributed by atoms with Crippen LogP contribution in [-0.2, 0) is 9.53 Å². The number of pyridine rings is 2.